The summed E-state index contributed by atoms with van der Waals surface area (Å²) in [5.41, 5.74) is 2.91. The average molecular weight is 275 g/mol. The van der Waals surface area contributed by atoms with Gasteiger partial charge in [-0.05, 0) is 44.7 Å². The molecule has 0 aliphatic heterocycles. The second kappa shape index (κ2) is 7.58. The molecule has 0 radical (unpaired) electrons. The Morgan fingerprint density at radius 3 is 2.80 bits per heavy atom. The largest absolute Gasteiger partial charge is 0.307 e. The van der Waals surface area contributed by atoms with E-state index in [-0.39, 0.29) is 11.9 Å². The lowest BCUT2D eigenvalue weighted by atomic mass is 9.90. The van der Waals surface area contributed by atoms with E-state index < -0.39 is 0 Å². The van der Waals surface area contributed by atoms with Gasteiger partial charge in [0.25, 0.3) is 0 Å². The minimum Gasteiger partial charge on any atom is -0.307 e. The first-order valence-corrected chi connectivity index (χ1v) is 7.91. The SMILES string of the molecule is CCNC(/C1=C/CCCCCC1)c1cccc(C)c1F. The van der Waals surface area contributed by atoms with Crippen molar-refractivity contribution in [2.75, 3.05) is 6.54 Å². The third-order valence-corrected chi connectivity index (χ3v) is 4.14. The summed E-state index contributed by atoms with van der Waals surface area (Å²) in [7, 11) is 0. The molecule has 1 aromatic carbocycles. The lowest BCUT2D eigenvalue weighted by Crippen LogP contribution is -2.24. The molecule has 0 fully saturated rings. The first kappa shape index (κ1) is 15.2. The third kappa shape index (κ3) is 3.69. The number of hydrogen-bond donors (Lipinski definition) is 1. The van der Waals surface area contributed by atoms with Gasteiger partial charge >= 0.3 is 0 Å². The van der Waals surface area contributed by atoms with Crippen molar-refractivity contribution in [1.82, 2.24) is 5.32 Å². The van der Waals surface area contributed by atoms with Crippen LogP contribution in [0.2, 0.25) is 0 Å². The summed E-state index contributed by atoms with van der Waals surface area (Å²) in [6.07, 6.45) is 9.67. The maximum Gasteiger partial charge on any atom is 0.131 e. The molecule has 0 saturated heterocycles. The van der Waals surface area contributed by atoms with Crippen molar-refractivity contribution in [3.8, 4) is 0 Å². The molecule has 1 atom stereocenters. The lowest BCUT2D eigenvalue weighted by Gasteiger charge is -2.24. The van der Waals surface area contributed by atoms with Crippen molar-refractivity contribution in [2.24, 2.45) is 0 Å². The van der Waals surface area contributed by atoms with Crippen molar-refractivity contribution in [1.29, 1.82) is 0 Å². The van der Waals surface area contributed by atoms with E-state index in [2.05, 4.69) is 18.3 Å². The molecule has 0 amide bonds. The van der Waals surface area contributed by atoms with E-state index in [0.717, 1.165) is 30.5 Å². The van der Waals surface area contributed by atoms with Gasteiger partial charge in [-0.3, -0.25) is 0 Å². The molecule has 110 valence electrons. The predicted octanol–water partition coefficient (Wildman–Crippen LogP) is 5.07. The third-order valence-electron chi connectivity index (χ3n) is 4.14. The Bertz CT molecular complexity index is 464. The van der Waals surface area contributed by atoms with Gasteiger partial charge < -0.3 is 5.32 Å². The fourth-order valence-electron chi connectivity index (χ4n) is 3.02. The summed E-state index contributed by atoms with van der Waals surface area (Å²) in [6.45, 7) is 4.79. The molecule has 1 N–H and O–H groups in total. The number of halogens is 1. The monoisotopic (exact) mass is 275 g/mol. The summed E-state index contributed by atoms with van der Waals surface area (Å²) in [4.78, 5) is 0. The molecule has 1 aliphatic rings. The van der Waals surface area contributed by atoms with Crippen LogP contribution < -0.4 is 5.32 Å². The van der Waals surface area contributed by atoms with Crippen molar-refractivity contribution in [3.63, 3.8) is 0 Å². The van der Waals surface area contributed by atoms with Crippen LogP contribution >= 0.6 is 0 Å². The highest BCUT2D eigenvalue weighted by Crippen LogP contribution is 2.31. The van der Waals surface area contributed by atoms with Crippen LogP contribution in [0, 0.1) is 12.7 Å². The van der Waals surface area contributed by atoms with Gasteiger partial charge in [0.05, 0.1) is 6.04 Å². The number of nitrogens with one attached hydrogen (secondary N) is 1. The molecule has 2 rings (SSSR count). The van der Waals surface area contributed by atoms with E-state index in [9.17, 15) is 4.39 Å². The number of benzene rings is 1. The van der Waals surface area contributed by atoms with Crippen molar-refractivity contribution < 1.29 is 4.39 Å². The second-order valence-corrected chi connectivity index (χ2v) is 5.70. The zero-order valence-corrected chi connectivity index (χ0v) is 12.7. The number of likely N-dealkylation sites (N-methyl/N-ethyl adjacent to an activating group) is 1. The van der Waals surface area contributed by atoms with Crippen LogP contribution in [0.4, 0.5) is 4.39 Å². The van der Waals surface area contributed by atoms with Crippen LogP contribution in [-0.4, -0.2) is 6.54 Å². The first-order valence-electron chi connectivity index (χ1n) is 7.91. The van der Waals surface area contributed by atoms with E-state index in [1.165, 1.54) is 31.3 Å². The van der Waals surface area contributed by atoms with Gasteiger partial charge in [0, 0.05) is 5.56 Å². The smallest absolute Gasteiger partial charge is 0.131 e. The maximum absolute atomic E-state index is 14.4. The second-order valence-electron chi connectivity index (χ2n) is 5.70. The summed E-state index contributed by atoms with van der Waals surface area (Å²) in [6, 6.07) is 5.77. The standard InChI is InChI=1S/C18H26FN/c1-3-20-18(15-11-7-5-4-6-8-12-15)16-13-9-10-14(2)17(16)19/h9-11,13,18,20H,3-8,12H2,1-2H3/b15-11+. The summed E-state index contributed by atoms with van der Waals surface area (Å²) >= 11 is 0. The van der Waals surface area contributed by atoms with Crippen LogP contribution in [0.15, 0.2) is 29.8 Å². The van der Waals surface area contributed by atoms with Gasteiger partial charge in [0.15, 0.2) is 0 Å². The molecule has 1 aliphatic carbocycles. The van der Waals surface area contributed by atoms with Gasteiger partial charge in [-0.2, -0.15) is 0 Å². The molecule has 1 aromatic rings. The van der Waals surface area contributed by atoms with Gasteiger partial charge in [-0.25, -0.2) is 4.39 Å². The fraction of sp³-hybridized carbons (Fsp3) is 0.556. The van der Waals surface area contributed by atoms with E-state index in [1.54, 1.807) is 0 Å². The number of allylic oxidation sites excluding steroid dienone is 1. The zero-order chi connectivity index (χ0) is 14.4. The minimum absolute atomic E-state index is 0.0398. The Morgan fingerprint density at radius 2 is 2.00 bits per heavy atom. The number of aryl methyl sites for hydroxylation is 1. The van der Waals surface area contributed by atoms with Gasteiger partial charge in [-0.15, -0.1) is 0 Å². The highest BCUT2D eigenvalue weighted by molar-refractivity contribution is 5.33. The van der Waals surface area contributed by atoms with Gasteiger partial charge in [0.2, 0.25) is 0 Å². The van der Waals surface area contributed by atoms with E-state index in [4.69, 9.17) is 0 Å². The van der Waals surface area contributed by atoms with Crippen LogP contribution in [0.25, 0.3) is 0 Å². The summed E-state index contributed by atoms with van der Waals surface area (Å²) in [5.74, 6) is -0.0543. The predicted molar refractivity (Wildman–Crippen MR) is 83.3 cm³/mol. The van der Waals surface area contributed by atoms with Crippen LogP contribution in [0.5, 0.6) is 0 Å². The maximum atomic E-state index is 14.4. The van der Waals surface area contributed by atoms with Crippen LogP contribution in [0.1, 0.15) is 62.6 Å². The number of rotatable bonds is 4. The molecule has 20 heavy (non-hydrogen) atoms. The molecule has 0 saturated carbocycles. The molecule has 0 aromatic heterocycles. The minimum atomic E-state index is -0.0543. The highest BCUT2D eigenvalue weighted by Gasteiger charge is 2.20. The molecule has 0 spiro atoms. The van der Waals surface area contributed by atoms with Crippen LogP contribution in [0.3, 0.4) is 0 Å². The quantitative estimate of drug-likeness (QED) is 0.757. The van der Waals surface area contributed by atoms with E-state index >= 15 is 0 Å². The van der Waals surface area contributed by atoms with E-state index in [1.807, 2.05) is 25.1 Å². The number of hydrogen-bond acceptors (Lipinski definition) is 1. The Labute approximate surface area is 122 Å². The Kier molecular flexibility index (Phi) is 5.78. The van der Waals surface area contributed by atoms with Crippen molar-refractivity contribution >= 4 is 0 Å². The van der Waals surface area contributed by atoms with E-state index in [0.29, 0.717) is 0 Å². The zero-order valence-electron chi connectivity index (χ0n) is 12.7. The summed E-state index contributed by atoms with van der Waals surface area (Å²) < 4.78 is 14.4. The molecule has 2 heteroatoms. The van der Waals surface area contributed by atoms with Crippen molar-refractivity contribution in [2.45, 2.75) is 58.4 Å². The Balaban J connectivity index is 2.31. The van der Waals surface area contributed by atoms with Crippen LogP contribution in [-0.2, 0) is 0 Å². The van der Waals surface area contributed by atoms with Crippen molar-refractivity contribution in [3.05, 3.63) is 46.8 Å². The molecular weight excluding hydrogens is 249 g/mol. The first-order chi connectivity index (χ1) is 9.74. The van der Waals surface area contributed by atoms with Gasteiger partial charge in [0.1, 0.15) is 5.82 Å². The molecule has 1 nitrogen and oxygen atoms in total. The Hall–Kier alpha value is -1.15. The molecule has 0 bridgehead atoms. The molecular formula is C18H26FN. The topological polar surface area (TPSA) is 12.0 Å². The Morgan fingerprint density at radius 1 is 1.20 bits per heavy atom. The van der Waals surface area contributed by atoms with Gasteiger partial charge in [-0.1, -0.05) is 49.6 Å². The normalized spacial score (nSPS) is 20.6. The average Bonchev–Trinajstić information content (AvgIpc) is 2.40. The molecule has 1 unspecified atom stereocenters. The lowest BCUT2D eigenvalue weighted by molar-refractivity contribution is 0.521. The fourth-order valence-corrected chi connectivity index (χ4v) is 3.02. The molecule has 0 heterocycles. The summed E-state index contributed by atoms with van der Waals surface area (Å²) in [5, 5.41) is 3.48. The highest BCUT2D eigenvalue weighted by atomic mass is 19.1.